The minimum absolute atomic E-state index is 0.523. The molecule has 0 amide bonds. The third-order valence-corrected chi connectivity index (χ3v) is 1.46. The maximum absolute atomic E-state index is 8.58. The Morgan fingerprint density at radius 2 is 2.10 bits per heavy atom. The maximum atomic E-state index is 8.58. The van der Waals surface area contributed by atoms with Crippen molar-refractivity contribution in [3.8, 4) is 0 Å². The third kappa shape index (κ3) is 1.97. The van der Waals surface area contributed by atoms with Crippen LogP contribution in [0.3, 0.4) is 0 Å². The molecule has 0 unspecified atom stereocenters. The number of hydrogen-bond acceptors (Lipinski definition) is 4. The van der Waals surface area contributed by atoms with Crippen LogP contribution in [0.2, 0.25) is 0 Å². The molecule has 0 aliphatic carbocycles. The van der Waals surface area contributed by atoms with Crippen LogP contribution in [0.15, 0.2) is 5.16 Å². The molecule has 0 aromatic rings. The zero-order chi connectivity index (χ0) is 8.20. The van der Waals surface area contributed by atoms with E-state index in [0.29, 0.717) is 12.1 Å². The van der Waals surface area contributed by atoms with Crippen molar-refractivity contribution >= 4 is 5.71 Å². The van der Waals surface area contributed by atoms with Crippen LogP contribution in [-0.2, 0) is 0 Å². The van der Waals surface area contributed by atoms with Crippen molar-refractivity contribution in [2.24, 2.45) is 5.16 Å². The van der Waals surface area contributed by atoms with E-state index in [0.717, 1.165) is 0 Å². The molecule has 0 aromatic heterocycles. The van der Waals surface area contributed by atoms with Gasteiger partial charge in [0.15, 0.2) is 0 Å². The first-order valence-corrected chi connectivity index (χ1v) is 3.21. The highest BCUT2D eigenvalue weighted by atomic mass is 16.5. The lowest BCUT2D eigenvalue weighted by atomic mass is 9.98. The summed E-state index contributed by atoms with van der Waals surface area (Å²) < 4.78 is 0. The van der Waals surface area contributed by atoms with E-state index in [9.17, 15) is 0 Å². The van der Waals surface area contributed by atoms with Gasteiger partial charge in [0.25, 0.3) is 0 Å². The number of hydroxylamine groups is 1. The van der Waals surface area contributed by atoms with Gasteiger partial charge < -0.3 is 10.4 Å². The molecule has 0 rings (SSSR count). The lowest BCUT2D eigenvalue weighted by Gasteiger charge is -2.22. The van der Waals surface area contributed by atoms with Gasteiger partial charge in [0.1, 0.15) is 0 Å². The summed E-state index contributed by atoms with van der Waals surface area (Å²) >= 11 is 0. The van der Waals surface area contributed by atoms with E-state index < -0.39 is 5.54 Å². The van der Waals surface area contributed by atoms with E-state index >= 15 is 0 Å². The van der Waals surface area contributed by atoms with Gasteiger partial charge in [0.2, 0.25) is 0 Å². The SMILES string of the molecule is CC/C(=N/O)C(C)(C)NO. The highest BCUT2D eigenvalue weighted by Crippen LogP contribution is 2.06. The largest absolute Gasteiger partial charge is 0.411 e. The van der Waals surface area contributed by atoms with E-state index in [2.05, 4.69) is 10.6 Å². The zero-order valence-electron chi connectivity index (χ0n) is 6.55. The van der Waals surface area contributed by atoms with Crippen molar-refractivity contribution in [3.63, 3.8) is 0 Å². The molecular weight excluding hydrogens is 132 g/mol. The molecule has 0 saturated heterocycles. The van der Waals surface area contributed by atoms with Crippen LogP contribution in [0.25, 0.3) is 0 Å². The van der Waals surface area contributed by atoms with Crippen LogP contribution < -0.4 is 5.48 Å². The molecule has 0 aromatic carbocycles. The number of nitrogens with zero attached hydrogens (tertiary/aromatic N) is 1. The molecular formula is C6H14N2O2. The van der Waals surface area contributed by atoms with Crippen LogP contribution in [0, 0.1) is 0 Å². The van der Waals surface area contributed by atoms with Crippen LogP contribution >= 0.6 is 0 Å². The average Bonchev–Trinajstić information content (AvgIpc) is 1.90. The standard InChI is InChI=1S/C6H14N2O2/c1-4-5(7-9)6(2,3)8-10/h8-10H,4H2,1-3H3/b7-5-. The average molecular weight is 146 g/mol. The van der Waals surface area contributed by atoms with E-state index in [1.165, 1.54) is 0 Å². The summed E-state index contributed by atoms with van der Waals surface area (Å²) in [5.41, 5.74) is 1.94. The Morgan fingerprint density at radius 3 is 2.20 bits per heavy atom. The predicted molar refractivity (Wildman–Crippen MR) is 38.5 cm³/mol. The summed E-state index contributed by atoms with van der Waals surface area (Å²) in [5, 5.41) is 20.1. The van der Waals surface area contributed by atoms with Crippen molar-refractivity contribution in [3.05, 3.63) is 0 Å². The Kier molecular flexibility index (Phi) is 3.32. The van der Waals surface area contributed by atoms with Crippen molar-refractivity contribution in [2.45, 2.75) is 32.7 Å². The predicted octanol–water partition coefficient (Wildman–Crippen LogP) is 0.984. The Morgan fingerprint density at radius 1 is 1.60 bits per heavy atom. The van der Waals surface area contributed by atoms with Crippen LogP contribution in [0.1, 0.15) is 27.2 Å². The first-order chi connectivity index (χ1) is 4.58. The Balaban J connectivity index is 4.28. The summed E-state index contributed by atoms with van der Waals surface area (Å²) in [5.74, 6) is 0. The molecule has 0 aliphatic heterocycles. The molecule has 10 heavy (non-hydrogen) atoms. The molecule has 3 N–H and O–H groups in total. The Hall–Kier alpha value is -0.610. The maximum Gasteiger partial charge on any atom is 0.0786 e. The third-order valence-electron chi connectivity index (χ3n) is 1.46. The topological polar surface area (TPSA) is 64.9 Å². The molecule has 0 heterocycles. The van der Waals surface area contributed by atoms with Gasteiger partial charge in [-0.1, -0.05) is 12.1 Å². The van der Waals surface area contributed by atoms with E-state index in [1.54, 1.807) is 13.8 Å². The molecule has 0 fully saturated rings. The minimum Gasteiger partial charge on any atom is -0.411 e. The minimum atomic E-state index is -0.635. The van der Waals surface area contributed by atoms with Gasteiger partial charge in [-0.3, -0.25) is 0 Å². The van der Waals surface area contributed by atoms with Crippen LogP contribution in [-0.4, -0.2) is 21.7 Å². The second-order valence-corrected chi connectivity index (χ2v) is 2.64. The normalized spacial score (nSPS) is 13.8. The molecule has 60 valence electrons. The number of rotatable bonds is 3. The Labute approximate surface area is 60.5 Å². The van der Waals surface area contributed by atoms with Gasteiger partial charge in [-0.15, -0.1) is 0 Å². The fourth-order valence-corrected chi connectivity index (χ4v) is 0.702. The molecule has 0 bridgehead atoms. The summed E-state index contributed by atoms with van der Waals surface area (Å²) in [6.07, 6.45) is 0.608. The fourth-order valence-electron chi connectivity index (χ4n) is 0.702. The van der Waals surface area contributed by atoms with Crippen molar-refractivity contribution < 1.29 is 10.4 Å². The highest BCUT2D eigenvalue weighted by molar-refractivity contribution is 5.91. The highest BCUT2D eigenvalue weighted by Gasteiger charge is 2.22. The number of hydrogen-bond donors (Lipinski definition) is 3. The van der Waals surface area contributed by atoms with E-state index in [1.807, 2.05) is 6.92 Å². The second-order valence-electron chi connectivity index (χ2n) is 2.64. The van der Waals surface area contributed by atoms with Crippen LogP contribution in [0.4, 0.5) is 0 Å². The fraction of sp³-hybridized carbons (Fsp3) is 0.833. The molecule has 0 saturated carbocycles. The Bertz CT molecular complexity index is 132. The first kappa shape index (κ1) is 9.39. The first-order valence-electron chi connectivity index (χ1n) is 3.21. The number of oxime groups is 1. The van der Waals surface area contributed by atoms with Crippen LogP contribution in [0.5, 0.6) is 0 Å². The molecule has 0 radical (unpaired) electrons. The van der Waals surface area contributed by atoms with Gasteiger partial charge in [0, 0.05) is 0 Å². The van der Waals surface area contributed by atoms with Gasteiger partial charge >= 0.3 is 0 Å². The summed E-state index contributed by atoms with van der Waals surface area (Å²) in [4.78, 5) is 0. The summed E-state index contributed by atoms with van der Waals surface area (Å²) in [7, 11) is 0. The quantitative estimate of drug-likeness (QED) is 0.316. The molecule has 4 heteroatoms. The molecule has 0 spiro atoms. The molecule has 0 aliphatic rings. The van der Waals surface area contributed by atoms with E-state index in [-0.39, 0.29) is 0 Å². The number of nitrogens with one attached hydrogen (secondary N) is 1. The molecule has 4 nitrogen and oxygen atoms in total. The smallest absolute Gasteiger partial charge is 0.0786 e. The van der Waals surface area contributed by atoms with Crippen molar-refractivity contribution in [1.29, 1.82) is 0 Å². The lowest BCUT2D eigenvalue weighted by molar-refractivity contribution is 0.112. The van der Waals surface area contributed by atoms with E-state index in [4.69, 9.17) is 10.4 Å². The second kappa shape index (κ2) is 3.53. The monoisotopic (exact) mass is 146 g/mol. The molecule has 0 atom stereocenters. The zero-order valence-corrected chi connectivity index (χ0v) is 6.55. The summed E-state index contributed by atoms with van der Waals surface area (Å²) in [6, 6.07) is 0. The lowest BCUT2D eigenvalue weighted by Crippen LogP contribution is -2.44. The van der Waals surface area contributed by atoms with Crippen molar-refractivity contribution in [2.75, 3.05) is 0 Å². The van der Waals surface area contributed by atoms with Gasteiger partial charge in [-0.25, -0.2) is 0 Å². The van der Waals surface area contributed by atoms with Crippen molar-refractivity contribution in [1.82, 2.24) is 5.48 Å². The van der Waals surface area contributed by atoms with Gasteiger partial charge in [-0.05, 0) is 20.3 Å². The van der Waals surface area contributed by atoms with Gasteiger partial charge in [0.05, 0.1) is 11.3 Å². The summed E-state index contributed by atoms with van der Waals surface area (Å²) in [6.45, 7) is 5.31. The van der Waals surface area contributed by atoms with Gasteiger partial charge in [-0.2, -0.15) is 5.48 Å².